The molecule has 0 radical (unpaired) electrons. The van der Waals surface area contributed by atoms with E-state index in [4.69, 9.17) is 16.3 Å². The Morgan fingerprint density at radius 1 is 1.21 bits per heavy atom. The number of benzene rings is 2. The third kappa shape index (κ3) is 5.44. The number of sulfonamides is 1. The molecule has 0 saturated carbocycles. The normalized spacial score (nSPS) is 11.1. The summed E-state index contributed by atoms with van der Waals surface area (Å²) in [6.07, 6.45) is 1.50. The molecule has 0 unspecified atom stereocenters. The van der Waals surface area contributed by atoms with Gasteiger partial charge in [0.15, 0.2) is 11.7 Å². The first-order chi connectivity index (χ1) is 13.3. The first kappa shape index (κ1) is 20.6. The van der Waals surface area contributed by atoms with Crippen LogP contribution in [0.15, 0.2) is 63.4 Å². The molecular formula is C17H13BrClN3O4S2. The van der Waals surface area contributed by atoms with Crippen molar-refractivity contribution in [3.8, 4) is 5.75 Å². The Bertz CT molecular complexity index is 1070. The Balaban J connectivity index is 1.58. The summed E-state index contributed by atoms with van der Waals surface area (Å²) in [6.45, 7) is -0.243. The van der Waals surface area contributed by atoms with Crippen molar-refractivity contribution in [2.24, 2.45) is 0 Å². The highest BCUT2D eigenvalue weighted by atomic mass is 79.9. The summed E-state index contributed by atoms with van der Waals surface area (Å²) in [7, 11) is -3.74. The lowest BCUT2D eigenvalue weighted by Crippen LogP contribution is -2.20. The number of aromatic nitrogens is 1. The molecule has 1 heterocycles. The molecule has 1 aromatic heterocycles. The number of amides is 1. The van der Waals surface area contributed by atoms with Gasteiger partial charge in [-0.1, -0.05) is 27.5 Å². The van der Waals surface area contributed by atoms with E-state index < -0.39 is 15.9 Å². The van der Waals surface area contributed by atoms with Gasteiger partial charge in [-0.25, -0.2) is 13.4 Å². The molecule has 0 aliphatic rings. The summed E-state index contributed by atoms with van der Waals surface area (Å²) in [5, 5.41) is 4.95. The van der Waals surface area contributed by atoms with Crippen LogP contribution in [0, 0.1) is 0 Å². The molecule has 7 nitrogen and oxygen atoms in total. The Labute approximate surface area is 178 Å². The fraction of sp³-hybridized carbons (Fsp3) is 0.0588. The van der Waals surface area contributed by atoms with Gasteiger partial charge >= 0.3 is 0 Å². The van der Waals surface area contributed by atoms with Gasteiger partial charge in [-0.2, -0.15) is 0 Å². The number of hydrogen-bond donors (Lipinski definition) is 2. The molecule has 2 N–H and O–H groups in total. The number of nitrogens with one attached hydrogen (secondary N) is 2. The SMILES string of the molecule is O=C(COc1ccc(Br)cc1Cl)Nc1ccc(S(=O)(=O)Nc2nccs2)cc1. The van der Waals surface area contributed by atoms with E-state index in [0.29, 0.717) is 16.5 Å². The lowest BCUT2D eigenvalue weighted by atomic mass is 10.3. The number of carbonyl (C=O) groups is 1. The number of nitrogens with zero attached hydrogens (tertiary/aromatic N) is 1. The number of hydrogen-bond acceptors (Lipinski definition) is 6. The molecule has 0 bridgehead atoms. The lowest BCUT2D eigenvalue weighted by molar-refractivity contribution is -0.118. The van der Waals surface area contributed by atoms with Gasteiger partial charge in [0, 0.05) is 21.7 Å². The van der Waals surface area contributed by atoms with Gasteiger partial charge < -0.3 is 10.1 Å². The van der Waals surface area contributed by atoms with Crippen LogP contribution in [0.4, 0.5) is 10.8 Å². The van der Waals surface area contributed by atoms with E-state index in [0.717, 1.165) is 4.47 Å². The standard InChI is InChI=1S/C17H13BrClN3O4S2/c18-11-1-6-15(14(19)9-11)26-10-16(23)21-12-2-4-13(5-3-12)28(24,25)22-17-20-7-8-27-17/h1-9H,10H2,(H,20,22)(H,21,23). The molecule has 11 heteroatoms. The van der Waals surface area contributed by atoms with Crippen molar-refractivity contribution in [1.82, 2.24) is 4.98 Å². The molecule has 0 spiro atoms. The lowest BCUT2D eigenvalue weighted by Gasteiger charge is -2.10. The number of ether oxygens (including phenoxy) is 1. The first-order valence-corrected chi connectivity index (χ1v) is 11.3. The maximum absolute atomic E-state index is 12.3. The van der Waals surface area contributed by atoms with Gasteiger partial charge in [0.25, 0.3) is 15.9 Å². The monoisotopic (exact) mass is 501 g/mol. The van der Waals surface area contributed by atoms with E-state index in [9.17, 15) is 13.2 Å². The third-order valence-corrected chi connectivity index (χ3v) is 6.32. The van der Waals surface area contributed by atoms with Crippen LogP contribution < -0.4 is 14.8 Å². The number of carbonyl (C=O) groups excluding carboxylic acids is 1. The zero-order valence-electron chi connectivity index (χ0n) is 14.1. The van der Waals surface area contributed by atoms with Crippen molar-refractivity contribution >= 4 is 65.6 Å². The predicted molar refractivity (Wildman–Crippen MR) is 113 cm³/mol. The number of rotatable bonds is 7. The average molecular weight is 503 g/mol. The van der Waals surface area contributed by atoms with E-state index in [2.05, 4.69) is 31.0 Å². The summed E-state index contributed by atoms with van der Waals surface area (Å²) in [6, 6.07) is 10.8. The van der Waals surface area contributed by atoms with Crippen molar-refractivity contribution in [3.63, 3.8) is 0 Å². The minimum atomic E-state index is -3.74. The van der Waals surface area contributed by atoms with E-state index >= 15 is 0 Å². The fourth-order valence-corrected chi connectivity index (χ4v) is 4.61. The molecule has 0 saturated heterocycles. The zero-order chi connectivity index (χ0) is 20.1. The second-order valence-corrected chi connectivity index (χ2v) is 9.28. The van der Waals surface area contributed by atoms with Gasteiger partial charge in [0.2, 0.25) is 0 Å². The van der Waals surface area contributed by atoms with Crippen LogP contribution in [0.5, 0.6) is 5.75 Å². The van der Waals surface area contributed by atoms with Gasteiger partial charge in [-0.05, 0) is 42.5 Å². The Kier molecular flexibility index (Phi) is 6.55. The Morgan fingerprint density at radius 3 is 2.61 bits per heavy atom. The maximum atomic E-state index is 12.3. The molecule has 146 valence electrons. The van der Waals surface area contributed by atoms with Crippen molar-refractivity contribution in [2.75, 3.05) is 16.6 Å². The van der Waals surface area contributed by atoms with E-state index in [1.165, 1.54) is 41.8 Å². The van der Waals surface area contributed by atoms with Crippen LogP contribution in [0.25, 0.3) is 0 Å². The molecule has 0 aliphatic carbocycles. The smallest absolute Gasteiger partial charge is 0.263 e. The summed E-state index contributed by atoms with van der Waals surface area (Å²) in [4.78, 5) is 16.0. The zero-order valence-corrected chi connectivity index (χ0v) is 18.0. The molecule has 0 fully saturated rings. The summed E-state index contributed by atoms with van der Waals surface area (Å²) >= 11 is 10.5. The fourth-order valence-electron chi connectivity index (χ4n) is 2.10. The van der Waals surface area contributed by atoms with Gasteiger partial charge in [0.05, 0.1) is 9.92 Å². The quantitative estimate of drug-likeness (QED) is 0.500. The highest BCUT2D eigenvalue weighted by Gasteiger charge is 2.15. The minimum absolute atomic E-state index is 0.0543. The minimum Gasteiger partial charge on any atom is -0.482 e. The molecule has 28 heavy (non-hydrogen) atoms. The van der Waals surface area contributed by atoms with E-state index in [-0.39, 0.29) is 16.6 Å². The van der Waals surface area contributed by atoms with Crippen LogP contribution in [-0.2, 0) is 14.8 Å². The maximum Gasteiger partial charge on any atom is 0.263 e. The number of anilines is 2. The highest BCUT2D eigenvalue weighted by Crippen LogP contribution is 2.27. The van der Waals surface area contributed by atoms with Crippen molar-refractivity contribution in [1.29, 1.82) is 0 Å². The van der Waals surface area contributed by atoms with Gasteiger partial charge in [-0.15, -0.1) is 11.3 Å². The van der Waals surface area contributed by atoms with Crippen LogP contribution in [-0.4, -0.2) is 25.9 Å². The van der Waals surface area contributed by atoms with Crippen LogP contribution >= 0.6 is 38.9 Å². The second-order valence-electron chi connectivity index (χ2n) is 5.38. The van der Waals surface area contributed by atoms with Crippen molar-refractivity contribution in [3.05, 3.63) is 63.5 Å². The topological polar surface area (TPSA) is 97.4 Å². The molecule has 2 aromatic carbocycles. The highest BCUT2D eigenvalue weighted by molar-refractivity contribution is 9.10. The number of halogens is 2. The van der Waals surface area contributed by atoms with Crippen molar-refractivity contribution < 1.29 is 17.9 Å². The van der Waals surface area contributed by atoms with E-state index in [1.807, 2.05) is 0 Å². The molecule has 0 aliphatic heterocycles. The largest absolute Gasteiger partial charge is 0.482 e. The van der Waals surface area contributed by atoms with Crippen LogP contribution in [0.2, 0.25) is 5.02 Å². The summed E-state index contributed by atoms with van der Waals surface area (Å²) < 4.78 is 33.1. The average Bonchev–Trinajstić information content (AvgIpc) is 3.14. The first-order valence-electron chi connectivity index (χ1n) is 7.73. The summed E-state index contributed by atoms with van der Waals surface area (Å²) in [5.74, 6) is -0.0229. The Morgan fingerprint density at radius 2 is 1.96 bits per heavy atom. The molecular weight excluding hydrogens is 490 g/mol. The molecule has 3 aromatic rings. The molecule has 1 amide bonds. The van der Waals surface area contributed by atoms with Crippen LogP contribution in [0.3, 0.4) is 0 Å². The molecule has 0 atom stereocenters. The van der Waals surface area contributed by atoms with Gasteiger partial charge in [-0.3, -0.25) is 9.52 Å². The number of thiazole rings is 1. The second kappa shape index (κ2) is 8.91. The third-order valence-electron chi connectivity index (χ3n) is 3.36. The van der Waals surface area contributed by atoms with E-state index in [1.54, 1.807) is 23.6 Å². The Hall–Kier alpha value is -2.14. The van der Waals surface area contributed by atoms with Crippen LogP contribution in [0.1, 0.15) is 0 Å². The molecule has 3 rings (SSSR count). The van der Waals surface area contributed by atoms with Crippen molar-refractivity contribution in [2.45, 2.75) is 4.90 Å². The summed E-state index contributed by atoms with van der Waals surface area (Å²) in [5.41, 5.74) is 0.434. The van der Waals surface area contributed by atoms with Gasteiger partial charge in [0.1, 0.15) is 5.75 Å². The predicted octanol–water partition coefficient (Wildman–Crippen LogP) is 4.38.